The zero-order chi connectivity index (χ0) is 26.6. The molecule has 1 amide bonds. The van der Waals surface area contributed by atoms with Crippen molar-refractivity contribution in [2.45, 2.75) is 38.8 Å². The Morgan fingerprint density at radius 3 is 2.66 bits per heavy atom. The lowest BCUT2D eigenvalue weighted by molar-refractivity contribution is -0.140. The predicted molar refractivity (Wildman–Crippen MR) is 139 cm³/mol. The number of pyridine rings is 1. The van der Waals surface area contributed by atoms with Crippen LogP contribution in [-0.4, -0.2) is 45.9 Å². The van der Waals surface area contributed by atoms with Crippen LogP contribution in [0.3, 0.4) is 0 Å². The van der Waals surface area contributed by atoms with Crippen molar-refractivity contribution in [1.29, 1.82) is 0 Å². The first-order chi connectivity index (χ1) is 18.5. The molecule has 3 aromatic rings. The number of benzene rings is 2. The van der Waals surface area contributed by atoms with Crippen molar-refractivity contribution in [2.75, 3.05) is 13.2 Å². The highest BCUT2D eigenvalue weighted by molar-refractivity contribution is 6.46. The number of aromatic nitrogens is 1. The Morgan fingerprint density at radius 2 is 1.92 bits per heavy atom. The number of fused-ring (bicyclic) bond motifs is 1. The number of likely N-dealkylation sites (tertiary alicyclic amines) is 1. The molecule has 2 aliphatic heterocycles. The molecule has 0 saturated carbocycles. The molecule has 1 N–H and O–H groups in total. The molecule has 0 radical (unpaired) electrons. The second kappa shape index (κ2) is 10.9. The largest absolute Gasteiger partial charge is 0.507 e. The van der Waals surface area contributed by atoms with Crippen LogP contribution in [0.4, 0.5) is 0 Å². The number of Topliss-reactive ketones (excluding diaryl/α,β-unsaturated/α-hetero) is 1. The Kier molecular flexibility index (Phi) is 7.22. The van der Waals surface area contributed by atoms with Gasteiger partial charge in [0.25, 0.3) is 11.7 Å². The molecule has 5 rings (SSSR count). The molecule has 38 heavy (non-hydrogen) atoms. The van der Waals surface area contributed by atoms with Crippen LogP contribution in [0.2, 0.25) is 0 Å². The molecule has 1 fully saturated rings. The summed E-state index contributed by atoms with van der Waals surface area (Å²) in [5, 5.41) is 11.4. The molecule has 0 bridgehead atoms. The Hall–Kier alpha value is -4.46. The van der Waals surface area contributed by atoms with Crippen molar-refractivity contribution >= 4 is 23.4 Å². The van der Waals surface area contributed by atoms with E-state index in [9.17, 15) is 19.5 Å². The maximum absolute atomic E-state index is 13.3. The minimum absolute atomic E-state index is 0.0134. The number of aliphatic hydroxyl groups is 1. The van der Waals surface area contributed by atoms with Gasteiger partial charge in [-0.15, -0.1) is 0 Å². The molecule has 8 nitrogen and oxygen atoms in total. The lowest BCUT2D eigenvalue weighted by Gasteiger charge is -2.25. The molecular formula is C30H28N2O6. The van der Waals surface area contributed by atoms with Crippen LogP contribution >= 0.6 is 0 Å². The van der Waals surface area contributed by atoms with Crippen molar-refractivity contribution < 1.29 is 29.0 Å². The van der Waals surface area contributed by atoms with Crippen LogP contribution in [0.1, 0.15) is 58.4 Å². The summed E-state index contributed by atoms with van der Waals surface area (Å²) in [7, 11) is 0. The van der Waals surface area contributed by atoms with Gasteiger partial charge in [-0.1, -0.05) is 25.1 Å². The fourth-order valence-electron chi connectivity index (χ4n) is 4.81. The number of hydrogen-bond donors (Lipinski definition) is 1. The average molecular weight is 513 g/mol. The monoisotopic (exact) mass is 512 g/mol. The van der Waals surface area contributed by atoms with E-state index in [1.807, 2.05) is 13.0 Å². The topological polar surface area (TPSA) is 106 Å². The molecular weight excluding hydrogens is 484 g/mol. The van der Waals surface area contributed by atoms with E-state index in [0.29, 0.717) is 29.9 Å². The van der Waals surface area contributed by atoms with E-state index >= 15 is 0 Å². The Labute approximate surface area is 220 Å². The zero-order valence-electron chi connectivity index (χ0n) is 21.1. The van der Waals surface area contributed by atoms with Crippen molar-refractivity contribution in [2.24, 2.45) is 0 Å². The van der Waals surface area contributed by atoms with Crippen LogP contribution in [0.5, 0.6) is 5.75 Å². The number of nitrogens with zero attached hydrogens (tertiary/aromatic N) is 2. The number of aryl methyl sites for hydroxylation is 1. The van der Waals surface area contributed by atoms with E-state index in [2.05, 4.69) is 4.98 Å². The van der Waals surface area contributed by atoms with E-state index in [0.717, 1.165) is 36.1 Å². The number of aliphatic hydroxyl groups excluding tert-OH is 1. The van der Waals surface area contributed by atoms with Gasteiger partial charge in [-0.3, -0.25) is 14.6 Å². The first-order valence-electron chi connectivity index (χ1n) is 12.7. The fraction of sp³-hybridized carbons (Fsp3) is 0.267. The molecule has 194 valence electrons. The van der Waals surface area contributed by atoms with Crippen LogP contribution in [0, 0.1) is 0 Å². The third-order valence-electron chi connectivity index (χ3n) is 6.70. The number of carbonyl (C=O) groups is 3. The molecule has 3 heterocycles. The molecule has 1 unspecified atom stereocenters. The maximum Gasteiger partial charge on any atom is 0.338 e. The number of esters is 1. The fourth-order valence-corrected chi connectivity index (χ4v) is 4.81. The van der Waals surface area contributed by atoms with Gasteiger partial charge in [-0.2, -0.15) is 0 Å². The first kappa shape index (κ1) is 25.2. The second-order valence-corrected chi connectivity index (χ2v) is 9.32. The van der Waals surface area contributed by atoms with Crippen molar-refractivity contribution in [1.82, 2.24) is 9.88 Å². The number of ether oxygens (including phenoxy) is 2. The van der Waals surface area contributed by atoms with Gasteiger partial charge in [-0.25, -0.2) is 4.79 Å². The van der Waals surface area contributed by atoms with Gasteiger partial charge in [0, 0.05) is 24.5 Å². The van der Waals surface area contributed by atoms with E-state index in [1.165, 1.54) is 4.90 Å². The van der Waals surface area contributed by atoms with E-state index in [4.69, 9.17) is 9.47 Å². The molecule has 1 atom stereocenters. The van der Waals surface area contributed by atoms with Gasteiger partial charge in [0.2, 0.25) is 0 Å². The maximum atomic E-state index is 13.3. The smallest absolute Gasteiger partial charge is 0.338 e. The lowest BCUT2D eigenvalue weighted by Crippen LogP contribution is -2.29. The highest BCUT2D eigenvalue weighted by Gasteiger charge is 2.46. The van der Waals surface area contributed by atoms with Gasteiger partial charge in [0.15, 0.2) is 0 Å². The average Bonchev–Trinajstić information content (AvgIpc) is 3.21. The summed E-state index contributed by atoms with van der Waals surface area (Å²) < 4.78 is 10.9. The Balaban J connectivity index is 1.50. The first-order valence-corrected chi connectivity index (χ1v) is 12.7. The van der Waals surface area contributed by atoms with Gasteiger partial charge in [0.1, 0.15) is 11.5 Å². The van der Waals surface area contributed by atoms with Gasteiger partial charge >= 0.3 is 5.97 Å². The Bertz CT molecular complexity index is 1400. The predicted octanol–water partition coefficient (Wildman–Crippen LogP) is 4.60. The molecule has 2 aliphatic rings. The van der Waals surface area contributed by atoms with E-state index < -0.39 is 23.7 Å². The van der Waals surface area contributed by atoms with Gasteiger partial charge in [0.05, 0.1) is 30.4 Å². The van der Waals surface area contributed by atoms with Crippen molar-refractivity contribution in [3.8, 4) is 5.75 Å². The summed E-state index contributed by atoms with van der Waals surface area (Å²) in [5.74, 6) is -1.36. The van der Waals surface area contributed by atoms with Crippen molar-refractivity contribution in [3.05, 3.63) is 100 Å². The number of carbonyl (C=O) groups excluding carboxylic acids is 3. The van der Waals surface area contributed by atoms with E-state index in [1.54, 1.807) is 60.9 Å². The van der Waals surface area contributed by atoms with Crippen LogP contribution in [-0.2, 0) is 27.3 Å². The van der Waals surface area contributed by atoms with Crippen LogP contribution in [0.15, 0.2) is 72.6 Å². The number of ketones is 1. The SMILES string of the molecule is CCCOC(=O)c1ccc(CN2C(=O)C(=O)/C(=C(\O)c3ccc4c(c3)CCCO4)C2c2cccnc2)cc1. The number of amides is 1. The highest BCUT2D eigenvalue weighted by Crippen LogP contribution is 2.40. The normalized spacial score (nSPS) is 18.1. The third-order valence-corrected chi connectivity index (χ3v) is 6.70. The number of rotatable bonds is 7. The van der Waals surface area contributed by atoms with E-state index in [-0.39, 0.29) is 17.9 Å². The molecule has 1 saturated heterocycles. The minimum atomic E-state index is -0.829. The molecule has 0 aliphatic carbocycles. The third kappa shape index (κ3) is 4.89. The molecule has 0 spiro atoms. The second-order valence-electron chi connectivity index (χ2n) is 9.32. The summed E-state index contributed by atoms with van der Waals surface area (Å²) >= 11 is 0. The number of hydrogen-bond acceptors (Lipinski definition) is 7. The summed E-state index contributed by atoms with van der Waals surface area (Å²) in [6.07, 6.45) is 5.59. The molecule has 2 aromatic carbocycles. The van der Waals surface area contributed by atoms with Crippen molar-refractivity contribution in [3.63, 3.8) is 0 Å². The van der Waals surface area contributed by atoms with Gasteiger partial charge < -0.3 is 19.5 Å². The van der Waals surface area contributed by atoms with Crippen LogP contribution < -0.4 is 4.74 Å². The zero-order valence-corrected chi connectivity index (χ0v) is 21.1. The highest BCUT2D eigenvalue weighted by atomic mass is 16.5. The van der Waals surface area contributed by atoms with Gasteiger partial charge in [-0.05, 0) is 72.4 Å². The summed E-state index contributed by atoms with van der Waals surface area (Å²) in [4.78, 5) is 44.4. The lowest BCUT2D eigenvalue weighted by atomic mass is 9.94. The summed E-state index contributed by atoms with van der Waals surface area (Å²) in [6.45, 7) is 3.01. The quantitative estimate of drug-likeness (QED) is 0.214. The summed E-state index contributed by atoms with van der Waals surface area (Å²) in [6, 6.07) is 14.7. The molecule has 1 aromatic heterocycles. The van der Waals surface area contributed by atoms with Crippen LogP contribution in [0.25, 0.3) is 5.76 Å². The molecule has 8 heteroatoms. The minimum Gasteiger partial charge on any atom is -0.507 e. The summed E-state index contributed by atoms with van der Waals surface area (Å²) in [5.41, 5.74) is 3.15. The standard InChI is InChI=1S/C30H28N2O6/c1-2-14-38-30(36)20-9-7-19(8-10-20)18-32-26(23-5-3-13-31-17-23)25(28(34)29(32)35)27(33)22-11-12-24-21(16-22)6-4-15-37-24/h3,5,7-13,16-17,26,33H,2,4,6,14-15,18H2,1H3/b27-25-. The Morgan fingerprint density at radius 1 is 1.13 bits per heavy atom.